The molecule has 0 aromatic carbocycles. The smallest absolute Gasteiger partial charge is 0.303 e. The number of carboxylic acid groups (broad SMARTS) is 1. The Bertz CT molecular complexity index is 272. The summed E-state index contributed by atoms with van der Waals surface area (Å²) in [5.41, 5.74) is 1.27. The van der Waals surface area contributed by atoms with Crippen LogP contribution in [0.4, 0.5) is 0 Å². The largest absolute Gasteiger partial charge is 0.481 e. The monoisotopic (exact) mass is 193 g/mol. The van der Waals surface area contributed by atoms with Crippen LogP contribution in [0.15, 0.2) is 24.5 Å². The zero-order valence-corrected chi connectivity index (χ0v) is 8.15. The van der Waals surface area contributed by atoms with Gasteiger partial charge in [0.15, 0.2) is 0 Å². The molecule has 0 bridgehead atoms. The van der Waals surface area contributed by atoms with E-state index >= 15 is 0 Å². The van der Waals surface area contributed by atoms with E-state index in [1.807, 2.05) is 12.1 Å². The van der Waals surface area contributed by atoms with E-state index < -0.39 is 5.97 Å². The first-order chi connectivity index (χ1) is 6.79. The summed E-state index contributed by atoms with van der Waals surface area (Å²) in [6.07, 6.45) is 7.68. The molecule has 1 aromatic heterocycles. The molecule has 76 valence electrons. The second-order valence-electron chi connectivity index (χ2n) is 3.31. The Kier molecular flexibility index (Phi) is 4.69. The van der Waals surface area contributed by atoms with Crippen molar-refractivity contribution in [3.8, 4) is 0 Å². The normalized spacial score (nSPS) is 10.0. The van der Waals surface area contributed by atoms with Crippen molar-refractivity contribution in [2.24, 2.45) is 0 Å². The van der Waals surface area contributed by atoms with Crippen molar-refractivity contribution < 1.29 is 9.90 Å². The van der Waals surface area contributed by atoms with Crippen molar-refractivity contribution >= 4 is 5.97 Å². The molecule has 0 aliphatic carbocycles. The van der Waals surface area contributed by atoms with E-state index in [9.17, 15) is 4.79 Å². The minimum atomic E-state index is -0.700. The van der Waals surface area contributed by atoms with Crippen LogP contribution >= 0.6 is 0 Å². The zero-order valence-electron chi connectivity index (χ0n) is 8.15. The van der Waals surface area contributed by atoms with E-state index in [-0.39, 0.29) is 6.42 Å². The quantitative estimate of drug-likeness (QED) is 0.705. The Morgan fingerprint density at radius 1 is 1.21 bits per heavy atom. The van der Waals surface area contributed by atoms with Gasteiger partial charge in [0.25, 0.3) is 0 Å². The van der Waals surface area contributed by atoms with Gasteiger partial charge in [-0.25, -0.2) is 0 Å². The van der Waals surface area contributed by atoms with Crippen molar-refractivity contribution in [1.82, 2.24) is 4.98 Å². The number of aryl methyl sites for hydroxylation is 1. The molecule has 14 heavy (non-hydrogen) atoms. The lowest BCUT2D eigenvalue weighted by Gasteiger charge is -1.99. The number of aliphatic carboxylic acids is 1. The van der Waals surface area contributed by atoms with Crippen molar-refractivity contribution in [3.05, 3.63) is 30.1 Å². The lowest BCUT2D eigenvalue weighted by molar-refractivity contribution is -0.137. The second kappa shape index (κ2) is 6.13. The first-order valence-electron chi connectivity index (χ1n) is 4.90. The Hall–Kier alpha value is -1.38. The molecule has 0 fully saturated rings. The molecule has 0 unspecified atom stereocenters. The predicted molar refractivity (Wildman–Crippen MR) is 54.0 cm³/mol. The molecule has 0 radical (unpaired) electrons. The average Bonchev–Trinajstić information content (AvgIpc) is 2.18. The van der Waals surface area contributed by atoms with Crippen LogP contribution in [0.5, 0.6) is 0 Å². The third-order valence-corrected chi connectivity index (χ3v) is 2.11. The number of aromatic nitrogens is 1. The van der Waals surface area contributed by atoms with Gasteiger partial charge in [0.1, 0.15) is 0 Å². The van der Waals surface area contributed by atoms with Crippen LogP contribution in [-0.4, -0.2) is 16.1 Å². The van der Waals surface area contributed by atoms with Crippen LogP contribution in [0.1, 0.15) is 31.2 Å². The number of rotatable bonds is 6. The molecule has 0 spiro atoms. The molecular formula is C11H15NO2. The number of carboxylic acids is 1. The predicted octanol–water partition coefficient (Wildman–Crippen LogP) is 2.27. The van der Waals surface area contributed by atoms with Crippen molar-refractivity contribution in [2.45, 2.75) is 32.1 Å². The number of pyridine rings is 1. The van der Waals surface area contributed by atoms with E-state index in [1.165, 1.54) is 5.56 Å². The van der Waals surface area contributed by atoms with Crippen LogP contribution < -0.4 is 0 Å². The van der Waals surface area contributed by atoms with Gasteiger partial charge in [0.2, 0.25) is 0 Å². The molecule has 0 aliphatic heterocycles. The number of carbonyl (C=O) groups is 1. The molecule has 0 saturated carbocycles. The fourth-order valence-electron chi connectivity index (χ4n) is 1.33. The number of hydrogen-bond acceptors (Lipinski definition) is 2. The highest BCUT2D eigenvalue weighted by atomic mass is 16.4. The third-order valence-electron chi connectivity index (χ3n) is 2.11. The minimum absolute atomic E-state index is 0.288. The maximum atomic E-state index is 10.2. The molecule has 1 aromatic rings. The fraction of sp³-hybridized carbons (Fsp3) is 0.455. The van der Waals surface area contributed by atoms with Gasteiger partial charge < -0.3 is 5.11 Å². The van der Waals surface area contributed by atoms with Gasteiger partial charge in [0.05, 0.1) is 0 Å². The zero-order chi connectivity index (χ0) is 10.2. The summed E-state index contributed by atoms with van der Waals surface area (Å²) >= 11 is 0. The van der Waals surface area contributed by atoms with Gasteiger partial charge >= 0.3 is 5.97 Å². The number of hydrogen-bond donors (Lipinski definition) is 1. The average molecular weight is 193 g/mol. The summed E-state index contributed by atoms with van der Waals surface area (Å²) in [7, 11) is 0. The fourth-order valence-corrected chi connectivity index (χ4v) is 1.33. The van der Waals surface area contributed by atoms with Crippen LogP contribution in [0.3, 0.4) is 0 Å². The van der Waals surface area contributed by atoms with E-state index in [1.54, 1.807) is 12.4 Å². The molecule has 1 heterocycles. The highest BCUT2D eigenvalue weighted by molar-refractivity contribution is 5.66. The SMILES string of the molecule is O=C(O)CCCCCc1ccncc1. The molecular weight excluding hydrogens is 178 g/mol. The van der Waals surface area contributed by atoms with E-state index in [4.69, 9.17) is 5.11 Å². The van der Waals surface area contributed by atoms with Crippen LogP contribution in [-0.2, 0) is 11.2 Å². The lowest BCUT2D eigenvalue weighted by atomic mass is 10.1. The van der Waals surface area contributed by atoms with E-state index in [2.05, 4.69) is 4.98 Å². The van der Waals surface area contributed by atoms with Gasteiger partial charge in [-0.2, -0.15) is 0 Å². The van der Waals surface area contributed by atoms with Gasteiger partial charge in [-0.3, -0.25) is 9.78 Å². The first-order valence-corrected chi connectivity index (χ1v) is 4.90. The maximum absolute atomic E-state index is 10.2. The Morgan fingerprint density at radius 3 is 2.57 bits per heavy atom. The van der Waals surface area contributed by atoms with Crippen LogP contribution in [0.2, 0.25) is 0 Å². The number of unbranched alkanes of at least 4 members (excludes halogenated alkanes) is 2. The van der Waals surface area contributed by atoms with Gasteiger partial charge in [-0.05, 0) is 37.0 Å². The minimum Gasteiger partial charge on any atom is -0.481 e. The Labute approximate surface area is 83.8 Å². The summed E-state index contributed by atoms with van der Waals surface area (Å²) in [6, 6.07) is 3.99. The first kappa shape index (κ1) is 10.7. The topological polar surface area (TPSA) is 50.2 Å². The number of nitrogens with zero attached hydrogens (tertiary/aromatic N) is 1. The molecule has 3 heteroatoms. The lowest BCUT2D eigenvalue weighted by Crippen LogP contribution is -1.94. The summed E-state index contributed by atoms with van der Waals surface area (Å²) in [6.45, 7) is 0. The van der Waals surface area contributed by atoms with Crippen molar-refractivity contribution in [2.75, 3.05) is 0 Å². The molecule has 1 N–H and O–H groups in total. The van der Waals surface area contributed by atoms with E-state index in [0.29, 0.717) is 0 Å². The standard InChI is InChI=1S/C11H15NO2/c13-11(14)5-3-1-2-4-10-6-8-12-9-7-10/h6-9H,1-5H2,(H,13,14). The molecule has 0 saturated heterocycles. The van der Waals surface area contributed by atoms with Gasteiger partial charge in [-0.15, -0.1) is 0 Å². The Morgan fingerprint density at radius 2 is 1.93 bits per heavy atom. The third kappa shape index (κ3) is 4.60. The second-order valence-corrected chi connectivity index (χ2v) is 3.31. The highest BCUT2D eigenvalue weighted by Crippen LogP contribution is 2.06. The molecule has 0 atom stereocenters. The van der Waals surface area contributed by atoms with Gasteiger partial charge in [-0.1, -0.05) is 6.42 Å². The molecule has 1 rings (SSSR count). The molecule has 3 nitrogen and oxygen atoms in total. The van der Waals surface area contributed by atoms with Crippen LogP contribution in [0, 0.1) is 0 Å². The molecule has 0 amide bonds. The summed E-state index contributed by atoms with van der Waals surface area (Å²) in [5.74, 6) is -0.700. The molecule has 0 aliphatic rings. The Balaban J connectivity index is 2.08. The summed E-state index contributed by atoms with van der Waals surface area (Å²) in [5, 5.41) is 8.42. The highest BCUT2D eigenvalue weighted by Gasteiger charge is 1.96. The van der Waals surface area contributed by atoms with Crippen molar-refractivity contribution in [1.29, 1.82) is 0 Å². The van der Waals surface area contributed by atoms with Crippen molar-refractivity contribution in [3.63, 3.8) is 0 Å². The summed E-state index contributed by atoms with van der Waals surface area (Å²) < 4.78 is 0. The maximum Gasteiger partial charge on any atom is 0.303 e. The summed E-state index contributed by atoms with van der Waals surface area (Å²) in [4.78, 5) is 14.2. The van der Waals surface area contributed by atoms with E-state index in [0.717, 1.165) is 25.7 Å². The van der Waals surface area contributed by atoms with Crippen LogP contribution in [0.25, 0.3) is 0 Å². The van der Waals surface area contributed by atoms with Gasteiger partial charge in [0, 0.05) is 18.8 Å².